The van der Waals surface area contributed by atoms with Crippen molar-refractivity contribution in [3.8, 4) is 0 Å². The van der Waals surface area contributed by atoms with Gasteiger partial charge in [0.1, 0.15) is 0 Å². The van der Waals surface area contributed by atoms with Gasteiger partial charge in [-0.2, -0.15) is 5.10 Å². The standard InChI is InChI=1S/C17H24N6O/c1-14(20-17(24)21-15-11-18-19-12-15)13-22-7-9-23(10-8-22)16-5-3-2-4-6-16/h2-6,11-12,14H,7-10,13H2,1H3,(H,18,19)(H2,20,21,24). The Bertz CT molecular complexity index is 622. The van der Waals surface area contributed by atoms with E-state index < -0.39 is 0 Å². The number of anilines is 2. The first kappa shape index (κ1) is 16.3. The molecule has 2 heterocycles. The Kier molecular flexibility index (Phi) is 5.32. The molecular formula is C17H24N6O. The van der Waals surface area contributed by atoms with Gasteiger partial charge in [-0.05, 0) is 19.1 Å². The van der Waals surface area contributed by atoms with Gasteiger partial charge in [-0.25, -0.2) is 4.79 Å². The van der Waals surface area contributed by atoms with Gasteiger partial charge in [-0.1, -0.05) is 18.2 Å². The number of nitrogens with one attached hydrogen (secondary N) is 3. The Morgan fingerprint density at radius 2 is 2.00 bits per heavy atom. The van der Waals surface area contributed by atoms with E-state index in [0.29, 0.717) is 5.69 Å². The molecule has 0 spiro atoms. The molecule has 1 unspecified atom stereocenters. The number of amides is 2. The van der Waals surface area contributed by atoms with Gasteiger partial charge in [0.05, 0.1) is 11.9 Å². The van der Waals surface area contributed by atoms with E-state index in [1.54, 1.807) is 12.4 Å². The van der Waals surface area contributed by atoms with Crippen molar-refractivity contribution in [1.82, 2.24) is 20.4 Å². The zero-order valence-electron chi connectivity index (χ0n) is 13.9. The van der Waals surface area contributed by atoms with Crippen LogP contribution in [0.4, 0.5) is 16.2 Å². The van der Waals surface area contributed by atoms with E-state index in [9.17, 15) is 4.79 Å². The van der Waals surface area contributed by atoms with Crippen LogP contribution in [0.15, 0.2) is 42.7 Å². The summed E-state index contributed by atoms with van der Waals surface area (Å²) in [6.07, 6.45) is 3.22. The number of carbonyl (C=O) groups excluding carboxylic acids is 1. The quantitative estimate of drug-likeness (QED) is 0.781. The number of urea groups is 1. The maximum Gasteiger partial charge on any atom is 0.319 e. The van der Waals surface area contributed by atoms with E-state index >= 15 is 0 Å². The van der Waals surface area contributed by atoms with Crippen LogP contribution in [0.5, 0.6) is 0 Å². The van der Waals surface area contributed by atoms with Gasteiger partial charge in [0.15, 0.2) is 0 Å². The monoisotopic (exact) mass is 328 g/mol. The van der Waals surface area contributed by atoms with E-state index in [4.69, 9.17) is 0 Å². The van der Waals surface area contributed by atoms with Gasteiger partial charge < -0.3 is 15.5 Å². The average Bonchev–Trinajstić information content (AvgIpc) is 3.09. The molecule has 1 aromatic heterocycles. The normalized spacial score (nSPS) is 16.6. The van der Waals surface area contributed by atoms with Crippen molar-refractivity contribution in [2.75, 3.05) is 42.9 Å². The first-order valence-corrected chi connectivity index (χ1v) is 8.29. The molecule has 7 nitrogen and oxygen atoms in total. The highest BCUT2D eigenvalue weighted by Gasteiger charge is 2.19. The van der Waals surface area contributed by atoms with Crippen molar-refractivity contribution in [3.05, 3.63) is 42.7 Å². The lowest BCUT2D eigenvalue weighted by molar-refractivity contribution is 0.224. The lowest BCUT2D eigenvalue weighted by Crippen LogP contribution is -2.51. The number of carbonyl (C=O) groups is 1. The van der Waals surface area contributed by atoms with E-state index in [1.807, 2.05) is 13.0 Å². The van der Waals surface area contributed by atoms with Crippen LogP contribution in [0.3, 0.4) is 0 Å². The molecule has 0 saturated carbocycles. The summed E-state index contributed by atoms with van der Waals surface area (Å²) >= 11 is 0. The van der Waals surface area contributed by atoms with Crippen LogP contribution >= 0.6 is 0 Å². The average molecular weight is 328 g/mol. The summed E-state index contributed by atoms with van der Waals surface area (Å²) in [4.78, 5) is 16.7. The van der Waals surface area contributed by atoms with Gasteiger partial charge in [-0.15, -0.1) is 0 Å². The zero-order valence-corrected chi connectivity index (χ0v) is 13.9. The Morgan fingerprint density at radius 1 is 1.25 bits per heavy atom. The molecule has 1 aliphatic rings. The Morgan fingerprint density at radius 3 is 2.67 bits per heavy atom. The first-order valence-electron chi connectivity index (χ1n) is 8.29. The lowest BCUT2D eigenvalue weighted by Gasteiger charge is -2.37. The number of piperazine rings is 1. The molecular weight excluding hydrogens is 304 g/mol. The predicted octanol–water partition coefficient (Wildman–Crippen LogP) is 1.74. The zero-order chi connectivity index (χ0) is 16.8. The van der Waals surface area contributed by atoms with Crippen molar-refractivity contribution in [3.63, 3.8) is 0 Å². The van der Waals surface area contributed by atoms with E-state index in [2.05, 4.69) is 54.9 Å². The van der Waals surface area contributed by atoms with Gasteiger partial charge >= 0.3 is 6.03 Å². The first-order chi connectivity index (χ1) is 11.7. The number of benzene rings is 1. The maximum atomic E-state index is 11.9. The van der Waals surface area contributed by atoms with Crippen LogP contribution in [-0.2, 0) is 0 Å². The smallest absolute Gasteiger partial charge is 0.319 e. The minimum Gasteiger partial charge on any atom is -0.369 e. The molecule has 0 radical (unpaired) electrons. The third kappa shape index (κ3) is 4.48. The van der Waals surface area contributed by atoms with Crippen molar-refractivity contribution >= 4 is 17.4 Å². The summed E-state index contributed by atoms with van der Waals surface area (Å²) in [5, 5.41) is 12.2. The molecule has 1 atom stereocenters. The fourth-order valence-corrected chi connectivity index (χ4v) is 2.97. The third-order valence-corrected chi connectivity index (χ3v) is 4.16. The highest BCUT2D eigenvalue weighted by molar-refractivity contribution is 5.89. The molecule has 1 aromatic carbocycles. The second-order valence-corrected chi connectivity index (χ2v) is 6.11. The molecule has 3 rings (SSSR count). The minimum atomic E-state index is -0.202. The Labute approximate surface area is 142 Å². The number of nitrogens with zero attached hydrogens (tertiary/aromatic N) is 3. The number of hydrogen-bond donors (Lipinski definition) is 3. The number of aromatic amines is 1. The second kappa shape index (κ2) is 7.83. The molecule has 2 amide bonds. The van der Waals surface area contributed by atoms with Crippen LogP contribution in [0, 0.1) is 0 Å². The van der Waals surface area contributed by atoms with Crippen LogP contribution in [0.25, 0.3) is 0 Å². The number of H-pyrrole nitrogens is 1. The highest BCUT2D eigenvalue weighted by atomic mass is 16.2. The minimum absolute atomic E-state index is 0.0835. The summed E-state index contributed by atoms with van der Waals surface area (Å²) in [5.74, 6) is 0. The fraction of sp³-hybridized carbons (Fsp3) is 0.412. The van der Waals surface area contributed by atoms with Crippen molar-refractivity contribution in [2.24, 2.45) is 0 Å². The Hall–Kier alpha value is -2.54. The molecule has 3 N–H and O–H groups in total. The van der Waals surface area contributed by atoms with Gasteiger partial charge in [0.25, 0.3) is 0 Å². The van der Waals surface area contributed by atoms with Gasteiger partial charge in [0.2, 0.25) is 0 Å². The summed E-state index contributed by atoms with van der Waals surface area (Å²) < 4.78 is 0. The topological polar surface area (TPSA) is 76.3 Å². The SMILES string of the molecule is CC(CN1CCN(c2ccccc2)CC1)NC(=O)Nc1cn[nH]c1. The molecule has 1 saturated heterocycles. The van der Waals surface area contributed by atoms with Gasteiger partial charge in [-0.3, -0.25) is 10.00 Å². The Balaban J connectivity index is 1.40. The fourth-order valence-electron chi connectivity index (χ4n) is 2.97. The molecule has 24 heavy (non-hydrogen) atoms. The highest BCUT2D eigenvalue weighted by Crippen LogP contribution is 2.15. The van der Waals surface area contributed by atoms with Crippen LogP contribution in [0.1, 0.15) is 6.92 Å². The molecule has 1 fully saturated rings. The van der Waals surface area contributed by atoms with Crippen molar-refractivity contribution in [2.45, 2.75) is 13.0 Å². The lowest BCUT2D eigenvalue weighted by atomic mass is 10.2. The molecule has 2 aromatic rings. The number of hydrogen-bond acceptors (Lipinski definition) is 4. The number of aromatic nitrogens is 2. The summed E-state index contributed by atoms with van der Waals surface area (Å²) in [7, 11) is 0. The van der Waals surface area contributed by atoms with Crippen LogP contribution < -0.4 is 15.5 Å². The van der Waals surface area contributed by atoms with Crippen molar-refractivity contribution < 1.29 is 4.79 Å². The second-order valence-electron chi connectivity index (χ2n) is 6.11. The summed E-state index contributed by atoms with van der Waals surface area (Å²) in [6, 6.07) is 10.4. The van der Waals surface area contributed by atoms with Crippen LogP contribution in [0.2, 0.25) is 0 Å². The number of rotatable bonds is 5. The van der Waals surface area contributed by atoms with Crippen LogP contribution in [-0.4, -0.2) is 59.9 Å². The van der Waals surface area contributed by atoms with E-state index in [-0.39, 0.29) is 12.1 Å². The summed E-state index contributed by atoms with van der Waals surface area (Å²) in [5.41, 5.74) is 1.94. The van der Waals surface area contributed by atoms with E-state index in [1.165, 1.54) is 5.69 Å². The molecule has 0 bridgehead atoms. The van der Waals surface area contributed by atoms with Crippen molar-refractivity contribution in [1.29, 1.82) is 0 Å². The third-order valence-electron chi connectivity index (χ3n) is 4.16. The molecule has 7 heteroatoms. The van der Waals surface area contributed by atoms with Gasteiger partial charge in [0, 0.05) is 50.6 Å². The molecule has 1 aliphatic heterocycles. The maximum absolute atomic E-state index is 11.9. The largest absolute Gasteiger partial charge is 0.369 e. The van der Waals surface area contributed by atoms with E-state index in [0.717, 1.165) is 32.7 Å². The number of para-hydroxylation sites is 1. The predicted molar refractivity (Wildman–Crippen MR) is 95.3 cm³/mol. The molecule has 128 valence electrons. The molecule has 0 aliphatic carbocycles. The summed E-state index contributed by atoms with van der Waals surface area (Å²) in [6.45, 7) is 6.91.